The van der Waals surface area contributed by atoms with Gasteiger partial charge in [-0.3, -0.25) is 9.80 Å². The van der Waals surface area contributed by atoms with Crippen LogP contribution in [0.15, 0.2) is 60.7 Å². The van der Waals surface area contributed by atoms with Gasteiger partial charge in [0.25, 0.3) is 0 Å². The van der Waals surface area contributed by atoms with Crippen molar-refractivity contribution in [3.05, 3.63) is 71.8 Å². The predicted octanol–water partition coefficient (Wildman–Crippen LogP) is 3.88. The lowest BCUT2D eigenvalue weighted by Crippen LogP contribution is -2.52. The molecule has 2 saturated heterocycles. The van der Waals surface area contributed by atoms with Crippen LogP contribution in [0.25, 0.3) is 0 Å². The highest BCUT2D eigenvalue weighted by atomic mass is 15.3. The quantitative estimate of drug-likeness (QED) is 0.829. The third kappa shape index (κ3) is 2.37. The van der Waals surface area contributed by atoms with E-state index in [1.165, 1.54) is 37.1 Å². The van der Waals surface area contributed by atoms with Gasteiger partial charge in [-0.2, -0.15) is 0 Å². The maximum Gasteiger partial charge on any atom is 0.0548 e. The Bertz CT molecular complexity index is 610. The molecule has 4 rings (SSSR count). The number of likely N-dealkylation sites (N-methyl/N-ethyl adjacent to an activating group) is 1. The Morgan fingerprint density at radius 2 is 1.41 bits per heavy atom. The Kier molecular flexibility index (Phi) is 3.73. The van der Waals surface area contributed by atoms with Crippen LogP contribution in [0.2, 0.25) is 0 Å². The lowest BCUT2D eigenvalue weighted by Gasteiger charge is -2.48. The standard InChI is InChI=1S/C20H24N2/c1-21-15-18-13-8-14-22(18)20(17-11-6-3-7-12-17)19(21)16-9-4-2-5-10-16/h2-7,9-12,18-20H,8,13-15H2,1H3/t18-,19+,20+/m0/s1. The van der Waals surface area contributed by atoms with E-state index in [1.807, 2.05) is 0 Å². The van der Waals surface area contributed by atoms with E-state index in [1.54, 1.807) is 0 Å². The molecule has 0 aromatic heterocycles. The van der Waals surface area contributed by atoms with Crippen molar-refractivity contribution in [1.29, 1.82) is 0 Å². The van der Waals surface area contributed by atoms with Gasteiger partial charge in [-0.15, -0.1) is 0 Å². The number of hydrogen-bond donors (Lipinski definition) is 0. The molecule has 0 bridgehead atoms. The molecular formula is C20H24N2. The van der Waals surface area contributed by atoms with Crippen molar-refractivity contribution in [2.45, 2.75) is 31.0 Å². The molecule has 2 aliphatic rings. The SMILES string of the molecule is CN1C[C@@H]2CCCN2[C@H](c2ccccc2)[C@H]1c1ccccc1. The van der Waals surface area contributed by atoms with Crippen LogP contribution < -0.4 is 0 Å². The molecule has 0 spiro atoms. The van der Waals surface area contributed by atoms with Crippen molar-refractivity contribution in [2.75, 3.05) is 20.1 Å². The second kappa shape index (κ2) is 5.86. The highest BCUT2D eigenvalue weighted by molar-refractivity contribution is 5.29. The van der Waals surface area contributed by atoms with Gasteiger partial charge in [-0.05, 0) is 37.6 Å². The van der Waals surface area contributed by atoms with E-state index in [-0.39, 0.29) is 0 Å². The van der Waals surface area contributed by atoms with Crippen LogP contribution in [0.4, 0.5) is 0 Å². The van der Waals surface area contributed by atoms with Gasteiger partial charge in [-0.25, -0.2) is 0 Å². The molecule has 2 heteroatoms. The summed E-state index contributed by atoms with van der Waals surface area (Å²) in [6, 6.07) is 23.7. The first-order valence-corrected chi connectivity index (χ1v) is 8.40. The van der Waals surface area contributed by atoms with E-state index >= 15 is 0 Å². The van der Waals surface area contributed by atoms with E-state index in [2.05, 4.69) is 77.5 Å². The molecule has 0 saturated carbocycles. The van der Waals surface area contributed by atoms with Crippen molar-refractivity contribution in [1.82, 2.24) is 9.80 Å². The second-order valence-corrected chi connectivity index (χ2v) is 6.68. The number of rotatable bonds is 2. The van der Waals surface area contributed by atoms with Gasteiger partial charge < -0.3 is 0 Å². The van der Waals surface area contributed by atoms with Crippen molar-refractivity contribution < 1.29 is 0 Å². The molecule has 2 nitrogen and oxygen atoms in total. The molecule has 2 aromatic rings. The molecule has 2 aliphatic heterocycles. The zero-order valence-corrected chi connectivity index (χ0v) is 13.2. The van der Waals surface area contributed by atoms with E-state index in [4.69, 9.17) is 0 Å². The summed E-state index contributed by atoms with van der Waals surface area (Å²) >= 11 is 0. The molecule has 2 heterocycles. The van der Waals surface area contributed by atoms with E-state index in [0.717, 1.165) is 6.04 Å². The molecule has 2 aromatic carbocycles. The van der Waals surface area contributed by atoms with Crippen LogP contribution in [0.5, 0.6) is 0 Å². The Labute approximate surface area is 133 Å². The van der Waals surface area contributed by atoms with Crippen LogP contribution in [-0.2, 0) is 0 Å². The van der Waals surface area contributed by atoms with Crippen molar-refractivity contribution >= 4 is 0 Å². The number of fused-ring (bicyclic) bond motifs is 1. The zero-order valence-electron chi connectivity index (χ0n) is 13.2. The van der Waals surface area contributed by atoms with Gasteiger partial charge in [0, 0.05) is 12.6 Å². The first-order chi connectivity index (χ1) is 10.8. The van der Waals surface area contributed by atoms with E-state index < -0.39 is 0 Å². The van der Waals surface area contributed by atoms with Gasteiger partial charge in [-0.1, -0.05) is 60.7 Å². The van der Waals surface area contributed by atoms with Gasteiger partial charge in [0.2, 0.25) is 0 Å². The Morgan fingerprint density at radius 3 is 2.05 bits per heavy atom. The molecule has 22 heavy (non-hydrogen) atoms. The largest absolute Gasteiger partial charge is 0.296 e. The molecule has 3 atom stereocenters. The summed E-state index contributed by atoms with van der Waals surface area (Å²) in [4.78, 5) is 5.33. The summed E-state index contributed by atoms with van der Waals surface area (Å²) in [6.07, 6.45) is 2.68. The number of piperazine rings is 1. The molecule has 114 valence electrons. The minimum Gasteiger partial charge on any atom is -0.296 e. The molecule has 2 fully saturated rings. The second-order valence-electron chi connectivity index (χ2n) is 6.68. The molecule has 0 amide bonds. The molecule has 0 radical (unpaired) electrons. The fourth-order valence-corrected chi connectivity index (χ4v) is 4.40. The smallest absolute Gasteiger partial charge is 0.0548 e. The summed E-state index contributed by atoms with van der Waals surface area (Å²) in [5.41, 5.74) is 2.89. The topological polar surface area (TPSA) is 6.48 Å². The molecule has 0 aliphatic carbocycles. The minimum atomic E-state index is 0.443. The number of nitrogens with zero attached hydrogens (tertiary/aromatic N) is 2. The molecule has 0 N–H and O–H groups in total. The fourth-order valence-electron chi connectivity index (χ4n) is 4.40. The zero-order chi connectivity index (χ0) is 14.9. The summed E-state index contributed by atoms with van der Waals surface area (Å²) in [5.74, 6) is 0. The Morgan fingerprint density at radius 1 is 0.818 bits per heavy atom. The predicted molar refractivity (Wildman–Crippen MR) is 90.7 cm³/mol. The average molecular weight is 292 g/mol. The summed E-state index contributed by atoms with van der Waals surface area (Å²) in [5, 5.41) is 0. The Hall–Kier alpha value is -1.64. The molecule has 0 unspecified atom stereocenters. The first-order valence-electron chi connectivity index (χ1n) is 8.40. The third-order valence-electron chi connectivity index (χ3n) is 5.33. The maximum atomic E-state index is 2.76. The lowest BCUT2D eigenvalue weighted by molar-refractivity contribution is 0.0109. The van der Waals surface area contributed by atoms with Crippen LogP contribution in [0.3, 0.4) is 0 Å². The van der Waals surface area contributed by atoms with Crippen molar-refractivity contribution in [3.8, 4) is 0 Å². The molecular weight excluding hydrogens is 268 g/mol. The summed E-state index contributed by atoms with van der Waals surface area (Å²) in [7, 11) is 2.29. The maximum absolute atomic E-state index is 2.76. The number of benzene rings is 2. The highest BCUT2D eigenvalue weighted by Crippen LogP contribution is 2.45. The lowest BCUT2D eigenvalue weighted by atomic mass is 9.88. The van der Waals surface area contributed by atoms with Crippen molar-refractivity contribution in [2.24, 2.45) is 0 Å². The third-order valence-corrected chi connectivity index (χ3v) is 5.33. The number of hydrogen-bond acceptors (Lipinski definition) is 2. The van der Waals surface area contributed by atoms with Gasteiger partial charge in [0.1, 0.15) is 0 Å². The van der Waals surface area contributed by atoms with Crippen LogP contribution in [-0.4, -0.2) is 36.0 Å². The van der Waals surface area contributed by atoms with E-state index in [9.17, 15) is 0 Å². The normalized spacial score (nSPS) is 29.4. The Balaban J connectivity index is 1.79. The fraction of sp³-hybridized carbons (Fsp3) is 0.400. The van der Waals surface area contributed by atoms with E-state index in [0.29, 0.717) is 12.1 Å². The van der Waals surface area contributed by atoms with Gasteiger partial charge >= 0.3 is 0 Å². The van der Waals surface area contributed by atoms with Gasteiger partial charge in [0.05, 0.1) is 12.1 Å². The summed E-state index contributed by atoms with van der Waals surface area (Å²) < 4.78 is 0. The first kappa shape index (κ1) is 14.0. The minimum absolute atomic E-state index is 0.443. The van der Waals surface area contributed by atoms with Gasteiger partial charge in [0.15, 0.2) is 0 Å². The van der Waals surface area contributed by atoms with Crippen LogP contribution in [0, 0.1) is 0 Å². The summed E-state index contributed by atoms with van der Waals surface area (Å²) in [6.45, 7) is 2.42. The van der Waals surface area contributed by atoms with Crippen LogP contribution >= 0.6 is 0 Å². The average Bonchev–Trinajstić information content (AvgIpc) is 3.03. The van der Waals surface area contributed by atoms with Crippen LogP contribution in [0.1, 0.15) is 36.1 Å². The highest BCUT2D eigenvalue weighted by Gasteiger charge is 2.43. The van der Waals surface area contributed by atoms with Crippen molar-refractivity contribution in [3.63, 3.8) is 0 Å². The monoisotopic (exact) mass is 292 g/mol.